The average Bonchev–Trinajstić information content (AvgIpc) is 2.61. The van der Waals surface area contributed by atoms with E-state index < -0.39 is 35.0 Å². The molecule has 0 radical (unpaired) electrons. The molecule has 0 atom stereocenters. The van der Waals surface area contributed by atoms with E-state index in [-0.39, 0.29) is 25.4 Å². The van der Waals surface area contributed by atoms with Gasteiger partial charge in [-0.25, -0.2) is 4.79 Å². The molecule has 0 aliphatic carbocycles. The van der Waals surface area contributed by atoms with Crippen molar-refractivity contribution in [3.05, 3.63) is 29.3 Å². The summed E-state index contributed by atoms with van der Waals surface area (Å²) < 4.78 is 50.9. The minimum atomic E-state index is -4.58. The summed E-state index contributed by atoms with van der Waals surface area (Å²) in [6.07, 6.45) is -5.83. The average molecular weight is 445 g/mol. The van der Waals surface area contributed by atoms with Gasteiger partial charge in [0, 0.05) is 38.3 Å². The lowest BCUT2D eigenvalue weighted by atomic mass is 10.1. The normalized spacial score (nSPS) is 16.2. The number of carbonyl (C=O) groups is 2. The minimum Gasteiger partial charge on any atom is -0.530 e. The van der Waals surface area contributed by atoms with Crippen LogP contribution in [0.1, 0.15) is 45.7 Å². The van der Waals surface area contributed by atoms with E-state index >= 15 is 0 Å². The highest BCUT2D eigenvalue weighted by molar-refractivity contribution is 5.79. The summed E-state index contributed by atoms with van der Waals surface area (Å²) in [7, 11) is 0. The second kappa shape index (κ2) is 8.94. The van der Waals surface area contributed by atoms with Crippen molar-refractivity contribution < 1.29 is 37.3 Å². The predicted octanol–water partition coefficient (Wildman–Crippen LogP) is 2.67. The van der Waals surface area contributed by atoms with Crippen molar-refractivity contribution in [2.75, 3.05) is 26.2 Å². The molecular formula is C21H28F3N2O5-. The molecular weight excluding hydrogens is 417 g/mol. The molecule has 1 amide bonds. The van der Waals surface area contributed by atoms with Crippen LogP contribution in [0.15, 0.2) is 18.2 Å². The molecule has 1 aliphatic rings. The van der Waals surface area contributed by atoms with Crippen LogP contribution in [0, 0.1) is 0 Å². The Bertz CT molecular complexity index is 810. The Balaban J connectivity index is 2.26. The number of esters is 1. The fraction of sp³-hybridized carbons (Fsp3) is 0.619. The standard InChI is InChI=1S/C21H29F3N2O5/c1-19(2,3)31-17(27)20(4,5)30-16-12-15(21(22,23)24)7-6-14(16)13-25-8-10-26(11-9-25)18(28)29/h6-7,12H,8-11,13H2,1-5H3,(H,28,29)/p-1. The Morgan fingerprint density at radius 1 is 1.03 bits per heavy atom. The van der Waals surface area contributed by atoms with E-state index in [1.807, 2.05) is 4.90 Å². The molecule has 0 aromatic heterocycles. The van der Waals surface area contributed by atoms with Crippen molar-refractivity contribution in [2.45, 2.75) is 58.5 Å². The first-order valence-electron chi connectivity index (χ1n) is 9.89. The first-order valence-corrected chi connectivity index (χ1v) is 9.89. The number of carboxylic acid groups (broad SMARTS) is 1. The largest absolute Gasteiger partial charge is 0.530 e. The van der Waals surface area contributed by atoms with Crippen LogP contribution in [0.2, 0.25) is 0 Å². The molecule has 0 bridgehead atoms. The van der Waals surface area contributed by atoms with Crippen molar-refractivity contribution in [3.63, 3.8) is 0 Å². The van der Waals surface area contributed by atoms with E-state index in [4.69, 9.17) is 9.47 Å². The first kappa shape index (κ1) is 24.8. The summed E-state index contributed by atoms with van der Waals surface area (Å²) in [6.45, 7) is 9.42. The number of rotatable bonds is 5. The molecule has 0 spiro atoms. The summed E-state index contributed by atoms with van der Waals surface area (Å²) in [5.41, 5.74) is -2.76. The second-order valence-electron chi connectivity index (χ2n) is 8.96. The summed E-state index contributed by atoms with van der Waals surface area (Å²) in [6, 6.07) is 3.15. The highest BCUT2D eigenvalue weighted by Crippen LogP contribution is 2.35. The van der Waals surface area contributed by atoms with Crippen LogP contribution in [0.3, 0.4) is 0 Å². The molecule has 1 heterocycles. The van der Waals surface area contributed by atoms with Gasteiger partial charge in [-0.2, -0.15) is 13.2 Å². The maximum absolute atomic E-state index is 13.3. The smallest absolute Gasteiger partial charge is 0.416 e. The lowest BCUT2D eigenvalue weighted by molar-refractivity contribution is -0.266. The van der Waals surface area contributed by atoms with Gasteiger partial charge in [-0.15, -0.1) is 0 Å². The van der Waals surface area contributed by atoms with Gasteiger partial charge in [0.15, 0.2) is 5.60 Å². The molecule has 1 saturated heterocycles. The molecule has 7 nitrogen and oxygen atoms in total. The number of ether oxygens (including phenoxy) is 2. The Hall–Kier alpha value is -2.49. The highest BCUT2D eigenvalue weighted by Gasteiger charge is 2.37. The molecule has 1 aromatic carbocycles. The molecule has 10 heteroatoms. The third-order valence-corrected chi connectivity index (χ3v) is 4.67. The molecule has 174 valence electrons. The molecule has 0 N–H and O–H groups in total. The van der Waals surface area contributed by atoms with Gasteiger partial charge in [0.05, 0.1) is 5.56 Å². The van der Waals surface area contributed by atoms with Gasteiger partial charge < -0.3 is 24.3 Å². The van der Waals surface area contributed by atoms with E-state index in [0.29, 0.717) is 18.7 Å². The van der Waals surface area contributed by atoms with Gasteiger partial charge in [0.1, 0.15) is 17.4 Å². The van der Waals surface area contributed by atoms with Gasteiger partial charge in [-0.3, -0.25) is 4.90 Å². The first-order chi connectivity index (χ1) is 14.1. The number of benzene rings is 1. The fourth-order valence-electron chi connectivity index (χ4n) is 3.00. The van der Waals surface area contributed by atoms with Crippen molar-refractivity contribution in [3.8, 4) is 5.75 Å². The topological polar surface area (TPSA) is 82.1 Å². The summed E-state index contributed by atoms with van der Waals surface area (Å²) in [5.74, 6) is -0.779. The van der Waals surface area contributed by atoms with E-state index in [2.05, 4.69) is 0 Å². The SMILES string of the molecule is CC(C)(C)OC(=O)C(C)(C)Oc1cc(C(F)(F)F)ccc1CN1CCN(C(=O)[O-])CC1. The summed E-state index contributed by atoms with van der Waals surface area (Å²) >= 11 is 0. The third kappa shape index (κ3) is 7.02. The minimum absolute atomic E-state index is 0.0759. The van der Waals surface area contributed by atoms with E-state index in [0.717, 1.165) is 12.1 Å². The van der Waals surface area contributed by atoms with Crippen LogP contribution >= 0.6 is 0 Å². The molecule has 31 heavy (non-hydrogen) atoms. The Kier molecular flexibility index (Phi) is 7.14. The number of hydrogen-bond acceptors (Lipinski definition) is 6. The molecule has 0 unspecified atom stereocenters. The van der Waals surface area contributed by atoms with E-state index in [9.17, 15) is 27.9 Å². The van der Waals surface area contributed by atoms with Crippen LogP contribution in [0.25, 0.3) is 0 Å². The molecule has 0 saturated carbocycles. The molecule has 1 aromatic rings. The highest BCUT2D eigenvalue weighted by atomic mass is 19.4. The van der Waals surface area contributed by atoms with Crippen LogP contribution < -0.4 is 9.84 Å². The van der Waals surface area contributed by atoms with Crippen LogP contribution in [-0.4, -0.2) is 59.2 Å². The molecule has 2 rings (SSSR count). The van der Waals surface area contributed by atoms with Crippen LogP contribution in [0.5, 0.6) is 5.75 Å². The summed E-state index contributed by atoms with van der Waals surface area (Å²) in [5, 5.41) is 11.0. The van der Waals surface area contributed by atoms with Gasteiger partial charge in [0.25, 0.3) is 0 Å². The van der Waals surface area contributed by atoms with Gasteiger partial charge in [-0.1, -0.05) is 6.07 Å². The maximum Gasteiger partial charge on any atom is 0.416 e. The molecule has 1 aliphatic heterocycles. The van der Waals surface area contributed by atoms with Crippen molar-refractivity contribution >= 4 is 12.1 Å². The zero-order chi connectivity index (χ0) is 23.6. The number of nitrogens with zero attached hydrogens (tertiary/aromatic N) is 2. The fourth-order valence-corrected chi connectivity index (χ4v) is 3.00. The zero-order valence-corrected chi connectivity index (χ0v) is 18.3. The van der Waals surface area contributed by atoms with Crippen LogP contribution in [-0.2, 0) is 22.3 Å². The molecule has 1 fully saturated rings. The van der Waals surface area contributed by atoms with Gasteiger partial charge >= 0.3 is 12.1 Å². The van der Waals surface area contributed by atoms with Crippen LogP contribution in [0.4, 0.5) is 18.0 Å². The number of alkyl halides is 3. The third-order valence-electron chi connectivity index (χ3n) is 4.67. The Morgan fingerprint density at radius 2 is 1.61 bits per heavy atom. The van der Waals surface area contributed by atoms with Crippen molar-refractivity contribution in [1.29, 1.82) is 0 Å². The van der Waals surface area contributed by atoms with E-state index in [1.54, 1.807) is 20.8 Å². The quantitative estimate of drug-likeness (QED) is 0.649. The lowest BCUT2D eigenvalue weighted by Gasteiger charge is -2.36. The Labute approximate surface area is 179 Å². The number of hydrogen-bond donors (Lipinski definition) is 0. The predicted molar refractivity (Wildman–Crippen MR) is 104 cm³/mol. The summed E-state index contributed by atoms with van der Waals surface area (Å²) in [4.78, 5) is 26.5. The monoisotopic (exact) mass is 445 g/mol. The van der Waals surface area contributed by atoms with E-state index in [1.165, 1.54) is 24.8 Å². The second-order valence-corrected chi connectivity index (χ2v) is 8.96. The zero-order valence-electron chi connectivity index (χ0n) is 18.3. The van der Waals surface area contributed by atoms with Gasteiger partial charge in [0.2, 0.25) is 0 Å². The number of piperazine rings is 1. The van der Waals surface area contributed by atoms with Crippen molar-refractivity contribution in [2.24, 2.45) is 0 Å². The van der Waals surface area contributed by atoms with Gasteiger partial charge in [-0.05, 0) is 46.8 Å². The number of carbonyl (C=O) groups excluding carboxylic acids is 2. The number of halogens is 3. The number of amides is 1. The maximum atomic E-state index is 13.3. The lowest BCUT2D eigenvalue weighted by Crippen LogP contribution is -2.52. The van der Waals surface area contributed by atoms with Crippen molar-refractivity contribution in [1.82, 2.24) is 9.80 Å². The Morgan fingerprint density at radius 3 is 2.10 bits per heavy atom.